The first-order valence-corrected chi connectivity index (χ1v) is 20.1. The molecule has 2 N–H and O–H groups in total. The zero-order valence-electron chi connectivity index (χ0n) is 32.7. The lowest BCUT2D eigenvalue weighted by atomic mass is 9.95. The van der Waals surface area contributed by atoms with Crippen LogP contribution < -0.4 is 5.32 Å². The van der Waals surface area contributed by atoms with Crippen molar-refractivity contribution in [2.45, 2.75) is 41.8 Å². The average molecular weight is 841 g/mol. The van der Waals surface area contributed by atoms with Gasteiger partial charge in [-0.15, -0.1) is 5.10 Å². The molecule has 1 fully saturated rings. The number of rotatable bonds is 18. The minimum Gasteiger partial charge on any atom is -0.452 e. The summed E-state index contributed by atoms with van der Waals surface area (Å²) in [6, 6.07) is 42.4. The van der Waals surface area contributed by atoms with Crippen LogP contribution in [-0.4, -0.2) is 90.6 Å². The molecule has 2 amide bonds. The number of aryl methyl sites for hydroxylation is 1. The number of aliphatic hydroxyl groups is 1. The number of aromatic nitrogens is 4. The third-order valence-electron chi connectivity index (χ3n) is 9.72. The highest BCUT2D eigenvalue weighted by Gasteiger charge is 2.55. The van der Waals surface area contributed by atoms with Crippen molar-refractivity contribution in [3.63, 3.8) is 0 Å². The third kappa shape index (κ3) is 10.1. The number of likely N-dealkylation sites (tertiary alicyclic amines) is 1. The standard InChI is InChI=1S/C45H40N6O9S/c1-50-45(47-48-49-50)61-28-34(52)27-58-42-36(40(54)51(42)41(55)44(57)60-38(32-23-13-5-14-24-32)33-25-15-6-16-26-33)46-39(53)35(29-17-7-2-8-18-29)43(56)59-37(30-19-9-3-10-20-30)31-21-11-4-12-22-31/h2-26,35-38,41-42,55H,27-28H2,1H3,(H,46,53). The van der Waals surface area contributed by atoms with Crippen LogP contribution in [0.3, 0.4) is 0 Å². The maximum Gasteiger partial charge on any atom is 0.357 e. The summed E-state index contributed by atoms with van der Waals surface area (Å²) >= 11 is 1.04. The Bertz CT molecular complexity index is 2350. The number of Topliss-reactive ketones (excluding diaryl/α,β-unsaturated/α-hetero) is 1. The Hall–Kier alpha value is -7.01. The Balaban J connectivity index is 1.13. The van der Waals surface area contributed by atoms with Gasteiger partial charge in [-0.05, 0) is 38.2 Å². The Labute approximate surface area is 354 Å². The summed E-state index contributed by atoms with van der Waals surface area (Å²) in [5.74, 6) is -6.13. The van der Waals surface area contributed by atoms with Gasteiger partial charge in [0, 0.05) is 7.05 Å². The van der Waals surface area contributed by atoms with Gasteiger partial charge in [-0.1, -0.05) is 163 Å². The topological polar surface area (TPSA) is 192 Å². The summed E-state index contributed by atoms with van der Waals surface area (Å²) < 4.78 is 19.2. The highest BCUT2D eigenvalue weighted by Crippen LogP contribution is 2.32. The molecule has 1 aliphatic rings. The van der Waals surface area contributed by atoms with Gasteiger partial charge in [-0.2, -0.15) is 0 Å². The molecule has 4 atom stereocenters. The molecule has 310 valence electrons. The Morgan fingerprint density at radius 1 is 0.689 bits per heavy atom. The van der Waals surface area contributed by atoms with Crippen molar-refractivity contribution in [2.75, 3.05) is 12.4 Å². The second-order valence-electron chi connectivity index (χ2n) is 13.8. The van der Waals surface area contributed by atoms with Crippen molar-refractivity contribution in [3.05, 3.63) is 179 Å². The van der Waals surface area contributed by atoms with Crippen LogP contribution in [0.2, 0.25) is 0 Å². The first-order valence-electron chi connectivity index (χ1n) is 19.1. The molecule has 1 saturated heterocycles. The van der Waals surface area contributed by atoms with Crippen LogP contribution >= 0.6 is 11.8 Å². The van der Waals surface area contributed by atoms with Crippen LogP contribution in [-0.2, 0) is 45.2 Å². The fraction of sp³-hybridized carbons (Fsp3) is 0.200. The summed E-state index contributed by atoms with van der Waals surface area (Å²) in [4.78, 5) is 70.0. The molecule has 4 unspecified atom stereocenters. The maximum atomic E-state index is 14.3. The molecule has 0 aliphatic carbocycles. The van der Waals surface area contributed by atoms with Crippen molar-refractivity contribution >= 4 is 41.3 Å². The van der Waals surface area contributed by atoms with E-state index in [0.717, 1.165) is 11.8 Å². The van der Waals surface area contributed by atoms with E-state index in [4.69, 9.17) is 14.2 Å². The van der Waals surface area contributed by atoms with E-state index in [0.29, 0.717) is 32.3 Å². The molecule has 16 heteroatoms. The molecule has 0 saturated carbocycles. The summed E-state index contributed by atoms with van der Waals surface area (Å²) in [5, 5.41) is 25.5. The Morgan fingerprint density at radius 2 is 1.13 bits per heavy atom. The average Bonchev–Trinajstić information content (AvgIpc) is 3.72. The van der Waals surface area contributed by atoms with Crippen LogP contribution in [0, 0.1) is 0 Å². The van der Waals surface area contributed by atoms with E-state index in [1.54, 1.807) is 147 Å². The number of tetrazole rings is 1. The van der Waals surface area contributed by atoms with Gasteiger partial charge < -0.3 is 24.6 Å². The first kappa shape index (κ1) is 42.1. The molecule has 0 radical (unpaired) electrons. The number of thioether (sulfide) groups is 1. The molecule has 2 heterocycles. The van der Waals surface area contributed by atoms with Crippen LogP contribution in [0.25, 0.3) is 0 Å². The minimum atomic E-state index is -2.22. The number of ether oxygens (including phenoxy) is 3. The van der Waals surface area contributed by atoms with Crippen LogP contribution in [0.1, 0.15) is 45.9 Å². The molecule has 1 aromatic heterocycles. The van der Waals surface area contributed by atoms with Crippen molar-refractivity contribution in [1.29, 1.82) is 0 Å². The fourth-order valence-corrected chi connectivity index (χ4v) is 7.38. The smallest absolute Gasteiger partial charge is 0.357 e. The summed E-state index contributed by atoms with van der Waals surface area (Å²) in [5.41, 5.74) is 2.79. The molecular formula is C45H40N6O9S. The number of β-lactam (4-membered cyclic amide) rings is 1. The number of hydrogen-bond donors (Lipinski definition) is 2. The van der Waals surface area contributed by atoms with Gasteiger partial charge >= 0.3 is 11.9 Å². The molecule has 61 heavy (non-hydrogen) atoms. The van der Waals surface area contributed by atoms with E-state index < -0.39 is 72.8 Å². The molecule has 15 nitrogen and oxygen atoms in total. The lowest BCUT2D eigenvalue weighted by molar-refractivity contribution is -0.220. The Morgan fingerprint density at radius 3 is 1.57 bits per heavy atom. The number of esters is 2. The second kappa shape index (κ2) is 19.8. The summed E-state index contributed by atoms with van der Waals surface area (Å²) in [6.07, 6.45) is -5.62. The van der Waals surface area contributed by atoms with Gasteiger partial charge in [0.15, 0.2) is 36.2 Å². The van der Waals surface area contributed by atoms with Crippen LogP contribution in [0.15, 0.2) is 157 Å². The van der Waals surface area contributed by atoms with E-state index in [-0.39, 0.29) is 11.3 Å². The number of carbonyl (C=O) groups excluding carboxylic acids is 5. The van der Waals surface area contributed by atoms with Gasteiger partial charge in [0.05, 0.1) is 5.75 Å². The lowest BCUT2D eigenvalue weighted by Crippen LogP contribution is -2.75. The van der Waals surface area contributed by atoms with E-state index >= 15 is 0 Å². The summed E-state index contributed by atoms with van der Waals surface area (Å²) in [6.45, 7) is -0.600. The fourth-order valence-electron chi connectivity index (χ4n) is 6.68. The number of amides is 2. The number of benzene rings is 5. The molecular weight excluding hydrogens is 801 g/mol. The van der Waals surface area contributed by atoms with E-state index in [2.05, 4.69) is 20.8 Å². The zero-order valence-corrected chi connectivity index (χ0v) is 33.5. The van der Waals surface area contributed by atoms with Gasteiger partial charge in [-0.3, -0.25) is 24.1 Å². The molecule has 0 spiro atoms. The van der Waals surface area contributed by atoms with Gasteiger partial charge in [-0.25, -0.2) is 9.48 Å². The molecule has 1 aliphatic heterocycles. The number of nitrogens with zero attached hydrogens (tertiary/aromatic N) is 5. The first-order chi connectivity index (χ1) is 29.7. The minimum absolute atomic E-state index is 0.127. The number of aliphatic hydroxyl groups excluding tert-OH is 1. The van der Waals surface area contributed by atoms with Crippen molar-refractivity contribution < 1.29 is 43.3 Å². The monoisotopic (exact) mass is 840 g/mol. The van der Waals surface area contributed by atoms with Gasteiger partial charge in [0.25, 0.3) is 5.91 Å². The second-order valence-corrected chi connectivity index (χ2v) is 14.8. The van der Waals surface area contributed by atoms with Crippen LogP contribution in [0.4, 0.5) is 0 Å². The predicted molar refractivity (Wildman–Crippen MR) is 220 cm³/mol. The number of ketones is 1. The summed E-state index contributed by atoms with van der Waals surface area (Å²) in [7, 11) is 1.61. The van der Waals surface area contributed by atoms with Crippen LogP contribution in [0.5, 0.6) is 0 Å². The van der Waals surface area contributed by atoms with E-state index in [9.17, 15) is 29.1 Å². The lowest BCUT2D eigenvalue weighted by Gasteiger charge is -2.47. The number of hydrogen-bond acceptors (Lipinski definition) is 13. The number of nitrogens with one attached hydrogen (secondary N) is 1. The largest absolute Gasteiger partial charge is 0.452 e. The SMILES string of the molecule is Cn1nnnc1SCC(=O)COC1C(NC(=O)C(C(=O)OC(c2ccccc2)c2ccccc2)c2ccccc2)C(=O)N1C(O)C(=O)OC(c1ccccc1)c1ccccc1. The quantitative estimate of drug-likeness (QED) is 0.0539. The zero-order chi connectivity index (χ0) is 42.7. The highest BCUT2D eigenvalue weighted by atomic mass is 32.2. The number of carbonyl (C=O) groups is 5. The van der Waals surface area contributed by atoms with Gasteiger partial charge in [0.1, 0.15) is 6.61 Å². The Kier molecular flexibility index (Phi) is 13.7. The van der Waals surface area contributed by atoms with Gasteiger partial charge in [0.2, 0.25) is 17.3 Å². The maximum absolute atomic E-state index is 14.3. The van der Waals surface area contributed by atoms with E-state index in [1.807, 2.05) is 12.1 Å². The van der Waals surface area contributed by atoms with Crippen molar-refractivity contribution in [3.8, 4) is 0 Å². The predicted octanol–water partition coefficient (Wildman–Crippen LogP) is 4.31. The normalized spacial score (nSPS) is 15.7. The van der Waals surface area contributed by atoms with Crippen molar-refractivity contribution in [1.82, 2.24) is 30.4 Å². The molecule has 5 aromatic carbocycles. The van der Waals surface area contributed by atoms with Crippen molar-refractivity contribution in [2.24, 2.45) is 7.05 Å². The molecule has 7 rings (SSSR count). The molecule has 0 bridgehead atoms. The highest BCUT2D eigenvalue weighted by molar-refractivity contribution is 7.99. The van der Waals surface area contributed by atoms with E-state index in [1.165, 1.54) is 4.68 Å². The molecule has 6 aromatic rings. The third-order valence-corrected chi connectivity index (χ3v) is 10.8.